The lowest BCUT2D eigenvalue weighted by Gasteiger charge is -2.31. The Hall–Kier alpha value is -2.15. The van der Waals surface area contributed by atoms with Gasteiger partial charge in [0.2, 0.25) is 4.75 Å². The zero-order chi connectivity index (χ0) is 17.2. The number of esters is 1. The normalized spacial score (nSPS) is 23.0. The van der Waals surface area contributed by atoms with Gasteiger partial charge in [-0.3, -0.25) is 4.79 Å². The summed E-state index contributed by atoms with van der Waals surface area (Å²) in [4.78, 5) is 12.2. The van der Waals surface area contributed by atoms with Gasteiger partial charge in [0.05, 0.1) is 7.11 Å². The molecule has 0 radical (unpaired) electrons. The van der Waals surface area contributed by atoms with E-state index in [1.807, 2.05) is 0 Å². The van der Waals surface area contributed by atoms with E-state index in [0.29, 0.717) is 34.4 Å². The fourth-order valence-corrected chi connectivity index (χ4v) is 5.02. The van der Waals surface area contributed by atoms with Crippen LogP contribution in [0.3, 0.4) is 0 Å². The lowest BCUT2D eigenvalue weighted by molar-refractivity contribution is -0.182. The van der Waals surface area contributed by atoms with Crippen LogP contribution in [0.15, 0.2) is 48.5 Å². The summed E-state index contributed by atoms with van der Waals surface area (Å²) in [6.45, 7) is 0. The Morgan fingerprint density at radius 3 is 2.00 bits per heavy atom. The smallest absolute Gasteiger partial charge is 0.415 e. The van der Waals surface area contributed by atoms with E-state index in [1.165, 1.54) is 0 Å². The molecule has 124 valence electrons. The molecule has 0 amide bonds. The average molecular weight is 352 g/mol. The van der Waals surface area contributed by atoms with Gasteiger partial charge in [-0.15, -0.1) is 11.8 Å². The predicted molar refractivity (Wildman–Crippen MR) is 82.1 cm³/mol. The van der Waals surface area contributed by atoms with Crippen LogP contribution in [0, 0.1) is 0 Å². The van der Waals surface area contributed by atoms with Gasteiger partial charge < -0.3 is 9.47 Å². The summed E-state index contributed by atoms with van der Waals surface area (Å²) >= 11 is 0.553. The second kappa shape index (κ2) is 4.69. The summed E-state index contributed by atoms with van der Waals surface area (Å²) in [5, 5.41) is 0. The van der Waals surface area contributed by atoms with E-state index in [4.69, 9.17) is 4.74 Å². The Balaban J connectivity index is 2.04. The number of alkyl halides is 3. The minimum atomic E-state index is -4.78. The van der Waals surface area contributed by atoms with E-state index in [-0.39, 0.29) is 0 Å². The first-order valence-corrected chi connectivity index (χ1v) is 7.92. The molecule has 2 aromatic rings. The number of ether oxygens (including phenoxy) is 2. The number of carbonyl (C=O) groups excluding carboxylic acids is 1. The molecule has 0 unspecified atom stereocenters. The van der Waals surface area contributed by atoms with Crippen molar-refractivity contribution in [2.45, 2.75) is 15.7 Å². The fraction of sp³-hybridized carbons (Fsp3) is 0.235. The molecule has 0 bridgehead atoms. The highest BCUT2D eigenvalue weighted by Gasteiger charge is 2.89. The van der Waals surface area contributed by atoms with Crippen LogP contribution in [0.2, 0.25) is 0 Å². The third kappa shape index (κ3) is 1.63. The third-order valence-corrected chi connectivity index (χ3v) is 6.24. The maximum absolute atomic E-state index is 14.0. The molecule has 1 saturated heterocycles. The summed E-state index contributed by atoms with van der Waals surface area (Å²) in [6.07, 6.45) is -4.78. The molecule has 0 saturated carbocycles. The number of rotatable bonds is 1. The maximum Gasteiger partial charge on any atom is 0.415 e. The van der Waals surface area contributed by atoms with Crippen LogP contribution in [0.5, 0.6) is 11.5 Å². The number of para-hydroxylation sites is 2. The zero-order valence-corrected chi connectivity index (χ0v) is 13.2. The number of hydrogen-bond acceptors (Lipinski definition) is 4. The Morgan fingerprint density at radius 2 is 1.54 bits per heavy atom. The number of fused-ring (bicyclic) bond motifs is 4. The fourth-order valence-electron chi connectivity index (χ4n) is 3.35. The van der Waals surface area contributed by atoms with Gasteiger partial charge in [-0.2, -0.15) is 13.2 Å². The molecule has 2 aliphatic heterocycles. The van der Waals surface area contributed by atoms with Crippen LogP contribution in [0.25, 0.3) is 0 Å². The molecule has 0 N–H and O–H groups in total. The highest BCUT2D eigenvalue weighted by molar-refractivity contribution is 8.10. The van der Waals surface area contributed by atoms with Gasteiger partial charge in [0, 0.05) is 11.1 Å². The summed E-state index contributed by atoms with van der Waals surface area (Å²) in [7, 11) is 0.972. The van der Waals surface area contributed by atoms with Crippen molar-refractivity contribution in [1.82, 2.24) is 0 Å². The van der Waals surface area contributed by atoms with Gasteiger partial charge in [0.15, 0.2) is 0 Å². The van der Waals surface area contributed by atoms with Crippen molar-refractivity contribution in [2.75, 3.05) is 7.11 Å². The number of thioether (sulfide) groups is 1. The summed E-state index contributed by atoms with van der Waals surface area (Å²) in [5.41, 5.74) is 0.660. The molecule has 24 heavy (non-hydrogen) atoms. The average Bonchev–Trinajstić information content (AvgIpc) is 3.27. The molecule has 2 aromatic carbocycles. The van der Waals surface area contributed by atoms with Crippen LogP contribution in [-0.2, 0) is 14.3 Å². The molecular formula is C17H11F3O3S. The van der Waals surface area contributed by atoms with Crippen molar-refractivity contribution in [1.29, 1.82) is 0 Å². The summed E-state index contributed by atoms with van der Waals surface area (Å²) in [5.74, 6) is -0.663. The maximum atomic E-state index is 14.0. The lowest BCUT2D eigenvalue weighted by Crippen LogP contribution is -2.47. The standard InChI is InChI=1S/C17H11F3O3S/c1-22-14(21)16(17(18,19)20)15(24-16)10-6-2-4-8-12(10)23-13-9-5-3-7-11(13)15/h2-9H,1H3/t16-/m1/s1. The van der Waals surface area contributed by atoms with Crippen molar-refractivity contribution in [3.63, 3.8) is 0 Å². The van der Waals surface area contributed by atoms with Gasteiger partial charge in [-0.25, -0.2) is 0 Å². The predicted octanol–water partition coefficient (Wildman–Crippen LogP) is 4.26. The molecule has 0 aliphatic carbocycles. The van der Waals surface area contributed by atoms with E-state index in [1.54, 1.807) is 48.5 Å². The van der Waals surface area contributed by atoms with E-state index < -0.39 is 21.6 Å². The monoisotopic (exact) mass is 352 g/mol. The highest BCUT2D eigenvalue weighted by atomic mass is 32.2. The molecule has 1 atom stereocenters. The van der Waals surface area contributed by atoms with Crippen molar-refractivity contribution >= 4 is 17.7 Å². The molecule has 3 nitrogen and oxygen atoms in total. The van der Waals surface area contributed by atoms with Crippen LogP contribution in [-0.4, -0.2) is 24.0 Å². The largest absolute Gasteiger partial charge is 0.468 e. The van der Waals surface area contributed by atoms with E-state index in [9.17, 15) is 18.0 Å². The molecule has 1 spiro atoms. The number of halogens is 3. The van der Waals surface area contributed by atoms with E-state index in [0.717, 1.165) is 7.11 Å². The van der Waals surface area contributed by atoms with Crippen molar-refractivity contribution in [3.8, 4) is 11.5 Å². The summed E-state index contributed by atoms with van der Waals surface area (Å²) in [6, 6.07) is 13.0. The van der Waals surface area contributed by atoms with Crippen LogP contribution < -0.4 is 4.74 Å². The molecular weight excluding hydrogens is 341 g/mol. The molecule has 2 aliphatic rings. The number of carbonyl (C=O) groups is 1. The first-order valence-electron chi connectivity index (χ1n) is 7.10. The molecule has 0 aromatic heterocycles. The Bertz CT molecular complexity index is 803. The van der Waals surface area contributed by atoms with Gasteiger partial charge in [-0.1, -0.05) is 36.4 Å². The second-order valence-corrected chi connectivity index (χ2v) is 6.98. The zero-order valence-electron chi connectivity index (χ0n) is 12.4. The molecule has 2 heterocycles. The second-order valence-electron chi connectivity index (χ2n) is 5.55. The van der Waals surface area contributed by atoms with Gasteiger partial charge in [0.25, 0.3) is 0 Å². The quantitative estimate of drug-likeness (QED) is 0.568. The summed E-state index contributed by atoms with van der Waals surface area (Å²) < 4.78 is 48.0. The molecule has 1 fully saturated rings. The number of methoxy groups -OCH3 is 1. The lowest BCUT2D eigenvalue weighted by atomic mass is 9.78. The van der Waals surface area contributed by atoms with Crippen LogP contribution in [0.4, 0.5) is 13.2 Å². The number of benzene rings is 2. The van der Waals surface area contributed by atoms with Crippen LogP contribution >= 0.6 is 11.8 Å². The Kier molecular flexibility index (Phi) is 3.01. The molecule has 7 heteroatoms. The van der Waals surface area contributed by atoms with E-state index in [2.05, 4.69) is 4.74 Å². The van der Waals surface area contributed by atoms with Crippen molar-refractivity contribution in [2.24, 2.45) is 0 Å². The minimum absolute atomic E-state index is 0.318. The first kappa shape index (κ1) is 15.4. The number of hydrogen-bond donors (Lipinski definition) is 0. The molecule has 4 rings (SSSR count). The SMILES string of the molecule is COC(=O)[C@@]1(C(F)(F)F)SC12c1ccccc1Oc1ccccc12. The van der Waals surface area contributed by atoms with Crippen molar-refractivity contribution < 1.29 is 27.4 Å². The van der Waals surface area contributed by atoms with Gasteiger partial charge in [-0.05, 0) is 12.1 Å². The van der Waals surface area contributed by atoms with Crippen LogP contribution in [0.1, 0.15) is 11.1 Å². The van der Waals surface area contributed by atoms with E-state index >= 15 is 0 Å². The van der Waals surface area contributed by atoms with Gasteiger partial charge in [0.1, 0.15) is 16.2 Å². The Labute approximate surface area is 139 Å². The topological polar surface area (TPSA) is 35.5 Å². The van der Waals surface area contributed by atoms with Gasteiger partial charge >= 0.3 is 12.1 Å². The Morgan fingerprint density at radius 1 is 1.04 bits per heavy atom. The van der Waals surface area contributed by atoms with Crippen molar-refractivity contribution in [3.05, 3.63) is 59.7 Å². The first-order chi connectivity index (χ1) is 11.4. The highest BCUT2D eigenvalue weighted by Crippen LogP contribution is 2.81. The minimum Gasteiger partial charge on any atom is -0.468 e. The third-order valence-electron chi connectivity index (χ3n) is 4.38.